The van der Waals surface area contributed by atoms with Crippen molar-refractivity contribution in [3.8, 4) is 0 Å². The first-order valence-electron chi connectivity index (χ1n) is 5.19. The second kappa shape index (κ2) is 5.44. The van der Waals surface area contributed by atoms with E-state index >= 15 is 0 Å². The summed E-state index contributed by atoms with van der Waals surface area (Å²) in [5, 5.41) is 9.12. The molecule has 0 saturated carbocycles. The van der Waals surface area contributed by atoms with Gasteiger partial charge in [-0.3, -0.25) is 0 Å². The van der Waals surface area contributed by atoms with Crippen LogP contribution in [0.1, 0.15) is 27.2 Å². The van der Waals surface area contributed by atoms with E-state index in [0.29, 0.717) is 0 Å². The number of hydrogen-bond acceptors (Lipinski definition) is 3. The third kappa shape index (κ3) is 4.45. The Morgan fingerprint density at radius 3 is 2.00 bits per heavy atom. The second-order valence-electron chi connectivity index (χ2n) is 4.83. The van der Waals surface area contributed by atoms with E-state index in [-0.39, 0.29) is 5.57 Å². The van der Waals surface area contributed by atoms with E-state index in [9.17, 15) is 26.7 Å². The highest BCUT2D eigenvalue weighted by atomic mass is 19.4. The Morgan fingerprint density at radius 1 is 1.32 bits per heavy atom. The monoisotopic (exact) mass is 290 g/mol. The zero-order chi connectivity index (χ0) is 15.6. The standard InChI is InChI=1S/C11H15F5O3/c1-6(2)7(17)19-9(3,4)5-10(18,8(12)13)11(14,15)16/h8,18H,1,5H2,2-4H3. The van der Waals surface area contributed by atoms with Gasteiger partial charge in [-0.05, 0) is 20.8 Å². The van der Waals surface area contributed by atoms with Gasteiger partial charge >= 0.3 is 12.1 Å². The average Bonchev–Trinajstić information content (AvgIpc) is 2.13. The molecule has 1 unspecified atom stereocenters. The van der Waals surface area contributed by atoms with Gasteiger partial charge in [0.2, 0.25) is 5.60 Å². The Hall–Kier alpha value is -1.18. The lowest BCUT2D eigenvalue weighted by molar-refractivity contribution is -0.310. The van der Waals surface area contributed by atoms with Crippen LogP contribution in [-0.4, -0.2) is 34.9 Å². The number of ether oxygens (including phenoxy) is 1. The molecule has 0 aliphatic carbocycles. The van der Waals surface area contributed by atoms with Crippen LogP contribution in [0.25, 0.3) is 0 Å². The molecule has 0 fully saturated rings. The molecule has 1 atom stereocenters. The number of carbonyl (C=O) groups excluding carboxylic acids is 1. The van der Waals surface area contributed by atoms with Crippen LogP contribution in [0.15, 0.2) is 12.2 Å². The van der Waals surface area contributed by atoms with Crippen LogP contribution in [0, 0.1) is 0 Å². The van der Waals surface area contributed by atoms with Gasteiger partial charge in [0.1, 0.15) is 5.60 Å². The minimum Gasteiger partial charge on any atom is -0.456 e. The molecule has 0 radical (unpaired) electrons. The first-order chi connectivity index (χ1) is 8.23. The number of carbonyl (C=O) groups is 1. The van der Waals surface area contributed by atoms with Crippen LogP contribution >= 0.6 is 0 Å². The van der Waals surface area contributed by atoms with Gasteiger partial charge in [0.05, 0.1) is 0 Å². The number of alkyl halides is 5. The van der Waals surface area contributed by atoms with Crippen LogP contribution in [0.3, 0.4) is 0 Å². The molecule has 0 aliphatic heterocycles. The SMILES string of the molecule is C=C(C)C(=O)OC(C)(C)CC(O)(C(F)F)C(F)(F)F. The van der Waals surface area contributed by atoms with Crippen molar-refractivity contribution in [2.24, 2.45) is 0 Å². The smallest absolute Gasteiger partial charge is 0.423 e. The number of aliphatic hydroxyl groups is 1. The molecule has 0 saturated heterocycles. The van der Waals surface area contributed by atoms with Crippen molar-refractivity contribution in [3.63, 3.8) is 0 Å². The van der Waals surface area contributed by atoms with E-state index in [1.807, 2.05) is 0 Å². The Morgan fingerprint density at radius 2 is 1.74 bits per heavy atom. The molecule has 8 heteroatoms. The lowest BCUT2D eigenvalue weighted by atomic mass is 9.88. The highest BCUT2D eigenvalue weighted by Gasteiger charge is 2.62. The van der Waals surface area contributed by atoms with E-state index < -0.39 is 36.2 Å². The van der Waals surface area contributed by atoms with Gasteiger partial charge < -0.3 is 9.84 Å². The molecule has 0 heterocycles. The molecule has 0 aliphatic rings. The van der Waals surface area contributed by atoms with Crippen molar-refractivity contribution >= 4 is 5.97 Å². The minimum absolute atomic E-state index is 0.0966. The fourth-order valence-electron chi connectivity index (χ4n) is 1.32. The van der Waals surface area contributed by atoms with Gasteiger partial charge in [-0.2, -0.15) is 13.2 Å². The van der Waals surface area contributed by atoms with Gasteiger partial charge in [-0.1, -0.05) is 6.58 Å². The summed E-state index contributed by atoms with van der Waals surface area (Å²) in [5.74, 6) is -1.02. The van der Waals surface area contributed by atoms with Crippen molar-refractivity contribution in [2.75, 3.05) is 0 Å². The number of halogens is 5. The third-order valence-corrected chi connectivity index (χ3v) is 2.26. The average molecular weight is 290 g/mol. The second-order valence-corrected chi connectivity index (χ2v) is 4.83. The molecule has 0 rings (SSSR count). The predicted molar refractivity (Wildman–Crippen MR) is 56.6 cm³/mol. The lowest BCUT2D eigenvalue weighted by Gasteiger charge is -2.36. The fourth-order valence-corrected chi connectivity index (χ4v) is 1.32. The van der Waals surface area contributed by atoms with Crippen molar-refractivity contribution in [1.82, 2.24) is 0 Å². The molecule has 0 aromatic rings. The predicted octanol–water partition coefficient (Wildman–Crippen LogP) is 2.83. The van der Waals surface area contributed by atoms with E-state index in [0.717, 1.165) is 13.8 Å². The molecule has 19 heavy (non-hydrogen) atoms. The maximum Gasteiger partial charge on any atom is 0.423 e. The largest absolute Gasteiger partial charge is 0.456 e. The highest BCUT2D eigenvalue weighted by Crippen LogP contribution is 2.41. The van der Waals surface area contributed by atoms with Gasteiger partial charge in [0, 0.05) is 12.0 Å². The molecule has 0 spiro atoms. The van der Waals surface area contributed by atoms with Crippen molar-refractivity contribution < 1.29 is 36.6 Å². The molecular formula is C11H15F5O3. The molecule has 3 nitrogen and oxygen atoms in total. The summed E-state index contributed by atoms with van der Waals surface area (Å²) in [6.07, 6.45) is -11.1. The van der Waals surface area contributed by atoms with E-state index in [1.54, 1.807) is 0 Å². The lowest BCUT2D eigenvalue weighted by Crippen LogP contribution is -2.55. The molecule has 112 valence electrons. The van der Waals surface area contributed by atoms with Crippen molar-refractivity contribution in [2.45, 2.75) is 51.0 Å². The van der Waals surface area contributed by atoms with Gasteiger partial charge in [0.25, 0.3) is 6.43 Å². The van der Waals surface area contributed by atoms with Gasteiger partial charge in [-0.15, -0.1) is 0 Å². The maximum atomic E-state index is 12.5. The Kier molecular flexibility index (Phi) is 5.10. The van der Waals surface area contributed by atoms with Crippen molar-refractivity contribution in [3.05, 3.63) is 12.2 Å². The van der Waals surface area contributed by atoms with Crippen LogP contribution in [-0.2, 0) is 9.53 Å². The summed E-state index contributed by atoms with van der Waals surface area (Å²) in [6, 6.07) is 0. The molecule has 0 bridgehead atoms. The van der Waals surface area contributed by atoms with E-state index in [2.05, 4.69) is 11.3 Å². The summed E-state index contributed by atoms with van der Waals surface area (Å²) < 4.78 is 67.0. The number of hydrogen-bond donors (Lipinski definition) is 1. The normalized spacial score (nSPS) is 16.1. The van der Waals surface area contributed by atoms with Crippen LogP contribution in [0.4, 0.5) is 22.0 Å². The first-order valence-corrected chi connectivity index (χ1v) is 5.19. The quantitative estimate of drug-likeness (QED) is 0.481. The molecule has 1 N–H and O–H groups in total. The minimum atomic E-state index is -5.55. The molecular weight excluding hydrogens is 275 g/mol. The summed E-state index contributed by atoms with van der Waals surface area (Å²) in [6.45, 7) is 6.45. The van der Waals surface area contributed by atoms with Crippen LogP contribution in [0.2, 0.25) is 0 Å². The molecule has 0 aromatic heterocycles. The summed E-state index contributed by atoms with van der Waals surface area (Å²) >= 11 is 0. The third-order valence-electron chi connectivity index (χ3n) is 2.26. The van der Waals surface area contributed by atoms with Crippen molar-refractivity contribution in [1.29, 1.82) is 0 Å². The first kappa shape index (κ1) is 17.8. The van der Waals surface area contributed by atoms with E-state index in [4.69, 9.17) is 5.11 Å². The van der Waals surface area contributed by atoms with Gasteiger partial charge in [0.15, 0.2) is 0 Å². The zero-order valence-corrected chi connectivity index (χ0v) is 10.6. The Labute approximate surface area is 107 Å². The number of esters is 1. The topological polar surface area (TPSA) is 46.5 Å². The summed E-state index contributed by atoms with van der Waals surface area (Å²) in [7, 11) is 0. The van der Waals surface area contributed by atoms with Gasteiger partial charge in [-0.25, -0.2) is 13.6 Å². The molecule has 0 aromatic carbocycles. The number of rotatable bonds is 5. The fraction of sp³-hybridized carbons (Fsp3) is 0.727. The maximum absolute atomic E-state index is 12.5. The summed E-state index contributed by atoms with van der Waals surface area (Å²) in [5.41, 5.74) is -6.27. The Balaban J connectivity index is 5.16. The zero-order valence-electron chi connectivity index (χ0n) is 10.6. The Bertz CT molecular complexity index is 362. The highest BCUT2D eigenvalue weighted by molar-refractivity contribution is 5.87. The summed E-state index contributed by atoms with van der Waals surface area (Å²) in [4.78, 5) is 11.2. The van der Waals surface area contributed by atoms with Crippen LogP contribution < -0.4 is 0 Å². The van der Waals surface area contributed by atoms with Crippen LogP contribution in [0.5, 0.6) is 0 Å². The molecule has 0 amide bonds. The van der Waals surface area contributed by atoms with E-state index in [1.165, 1.54) is 6.92 Å².